The van der Waals surface area contributed by atoms with Gasteiger partial charge < -0.3 is 10.4 Å². The molecule has 0 aromatic heterocycles. The lowest BCUT2D eigenvalue weighted by atomic mass is 10.0. The normalized spacial score (nSPS) is 12.5. The average molecular weight is 425 g/mol. The number of carboxylic acid groups (broad SMARTS) is 1. The fourth-order valence-corrected chi connectivity index (χ4v) is 3.63. The highest BCUT2D eigenvalue weighted by molar-refractivity contribution is 5.75. The standard InChI is InChI=1S/C25H48N2O3/c1-4-5-6-7-8-9-10-11-12-13-14-15-16-17-21-24(28)26-22-19-18-20-23(25(29)30)27(2)3/h5-6,23H,4,7-22H2,1-3H3,(H,26,28)(H,29,30)/b6-5+/t23-/m0/s1. The van der Waals surface area contributed by atoms with Gasteiger partial charge in [0.2, 0.25) is 5.91 Å². The van der Waals surface area contributed by atoms with Gasteiger partial charge in [-0.25, -0.2) is 0 Å². The predicted octanol–water partition coefficient (Wildman–Crippen LogP) is 5.94. The first kappa shape index (κ1) is 28.6. The van der Waals surface area contributed by atoms with Gasteiger partial charge in [-0.3, -0.25) is 14.5 Å². The van der Waals surface area contributed by atoms with Crippen LogP contribution in [0.3, 0.4) is 0 Å². The smallest absolute Gasteiger partial charge is 0.320 e. The van der Waals surface area contributed by atoms with E-state index >= 15 is 0 Å². The number of aliphatic carboxylic acids is 1. The van der Waals surface area contributed by atoms with Crippen molar-refractivity contribution in [2.45, 2.75) is 116 Å². The highest BCUT2D eigenvalue weighted by Gasteiger charge is 2.18. The molecule has 0 bridgehead atoms. The zero-order chi connectivity index (χ0) is 22.5. The second kappa shape index (κ2) is 20.9. The Labute approximate surface area is 185 Å². The number of unbranched alkanes of at least 4 members (excludes halogenated alkanes) is 11. The van der Waals surface area contributed by atoms with Crippen molar-refractivity contribution in [2.75, 3.05) is 20.6 Å². The number of rotatable bonds is 21. The summed E-state index contributed by atoms with van der Waals surface area (Å²) >= 11 is 0. The number of hydrogen-bond donors (Lipinski definition) is 2. The van der Waals surface area contributed by atoms with Gasteiger partial charge in [0.25, 0.3) is 0 Å². The molecule has 0 aliphatic heterocycles. The van der Waals surface area contributed by atoms with Gasteiger partial charge in [-0.1, -0.05) is 70.4 Å². The van der Waals surface area contributed by atoms with Crippen LogP contribution in [0.5, 0.6) is 0 Å². The van der Waals surface area contributed by atoms with Crippen LogP contribution in [0.2, 0.25) is 0 Å². The molecule has 176 valence electrons. The summed E-state index contributed by atoms with van der Waals surface area (Å²) in [7, 11) is 3.57. The monoisotopic (exact) mass is 424 g/mol. The first-order chi connectivity index (χ1) is 14.5. The molecule has 0 aromatic carbocycles. The Morgan fingerprint density at radius 1 is 0.833 bits per heavy atom. The quantitative estimate of drug-likeness (QED) is 0.177. The van der Waals surface area contributed by atoms with Gasteiger partial charge in [0.05, 0.1) is 0 Å². The third kappa shape index (κ3) is 18.7. The van der Waals surface area contributed by atoms with E-state index in [1.807, 2.05) is 0 Å². The minimum atomic E-state index is -0.778. The van der Waals surface area contributed by atoms with Crippen molar-refractivity contribution in [3.8, 4) is 0 Å². The first-order valence-corrected chi connectivity index (χ1v) is 12.3. The van der Waals surface area contributed by atoms with Gasteiger partial charge in [-0.15, -0.1) is 0 Å². The van der Waals surface area contributed by atoms with E-state index in [1.54, 1.807) is 19.0 Å². The second-order valence-corrected chi connectivity index (χ2v) is 8.62. The van der Waals surface area contributed by atoms with Gasteiger partial charge in [-0.2, -0.15) is 0 Å². The van der Waals surface area contributed by atoms with Crippen LogP contribution in [0.1, 0.15) is 110 Å². The molecule has 0 saturated heterocycles. The Morgan fingerprint density at radius 3 is 1.93 bits per heavy atom. The molecule has 0 rings (SSSR count). The number of hydrogen-bond acceptors (Lipinski definition) is 3. The number of carbonyl (C=O) groups is 2. The van der Waals surface area contributed by atoms with Gasteiger partial charge in [0.15, 0.2) is 0 Å². The van der Waals surface area contributed by atoms with E-state index in [9.17, 15) is 9.59 Å². The lowest BCUT2D eigenvalue weighted by Gasteiger charge is -2.19. The maximum atomic E-state index is 11.9. The van der Waals surface area contributed by atoms with Crippen molar-refractivity contribution >= 4 is 11.9 Å². The van der Waals surface area contributed by atoms with Crippen molar-refractivity contribution in [1.82, 2.24) is 10.2 Å². The van der Waals surface area contributed by atoms with Gasteiger partial charge in [-0.05, 0) is 59.0 Å². The summed E-state index contributed by atoms with van der Waals surface area (Å²) in [4.78, 5) is 24.7. The van der Waals surface area contributed by atoms with E-state index in [-0.39, 0.29) is 5.91 Å². The van der Waals surface area contributed by atoms with E-state index in [0.29, 0.717) is 19.4 Å². The lowest BCUT2D eigenvalue weighted by molar-refractivity contribution is -0.142. The molecule has 0 aliphatic carbocycles. The Balaban J connectivity index is 3.36. The average Bonchev–Trinajstić information content (AvgIpc) is 2.70. The fraction of sp³-hybridized carbons (Fsp3) is 0.840. The van der Waals surface area contributed by atoms with Crippen molar-refractivity contribution in [3.05, 3.63) is 12.2 Å². The summed E-state index contributed by atoms with van der Waals surface area (Å²) in [6.45, 7) is 2.83. The zero-order valence-corrected chi connectivity index (χ0v) is 20.0. The summed E-state index contributed by atoms with van der Waals surface area (Å²) in [5, 5.41) is 12.1. The molecule has 0 radical (unpaired) electrons. The third-order valence-electron chi connectivity index (χ3n) is 5.56. The number of likely N-dealkylation sites (N-methyl/N-ethyl adjacent to an activating group) is 1. The predicted molar refractivity (Wildman–Crippen MR) is 127 cm³/mol. The minimum absolute atomic E-state index is 0.131. The number of nitrogens with zero attached hydrogens (tertiary/aromatic N) is 1. The van der Waals surface area contributed by atoms with Crippen molar-refractivity contribution in [1.29, 1.82) is 0 Å². The van der Waals surface area contributed by atoms with Crippen LogP contribution in [0.15, 0.2) is 12.2 Å². The van der Waals surface area contributed by atoms with Gasteiger partial charge in [0.1, 0.15) is 6.04 Å². The van der Waals surface area contributed by atoms with Crippen LogP contribution in [0, 0.1) is 0 Å². The maximum absolute atomic E-state index is 11.9. The highest BCUT2D eigenvalue weighted by Crippen LogP contribution is 2.12. The molecule has 30 heavy (non-hydrogen) atoms. The van der Waals surface area contributed by atoms with Gasteiger partial charge >= 0.3 is 5.97 Å². The molecule has 0 spiro atoms. The number of carbonyl (C=O) groups excluding carboxylic acids is 1. The van der Waals surface area contributed by atoms with Crippen LogP contribution in [0.4, 0.5) is 0 Å². The summed E-state index contributed by atoms with van der Waals surface area (Å²) in [5.41, 5.74) is 0. The van der Waals surface area contributed by atoms with Crippen LogP contribution < -0.4 is 5.32 Å². The molecule has 2 N–H and O–H groups in total. The lowest BCUT2D eigenvalue weighted by Crippen LogP contribution is -2.35. The minimum Gasteiger partial charge on any atom is -0.480 e. The van der Waals surface area contributed by atoms with Crippen LogP contribution in [0.25, 0.3) is 0 Å². The SMILES string of the molecule is CC/C=C/CCCCCCCCCCCCC(=O)NCCCC[C@@H](C(=O)O)N(C)C. The molecule has 0 fully saturated rings. The van der Waals surface area contributed by atoms with Crippen molar-refractivity contribution < 1.29 is 14.7 Å². The molecule has 5 heteroatoms. The van der Waals surface area contributed by atoms with Crippen molar-refractivity contribution in [3.63, 3.8) is 0 Å². The molecule has 0 saturated carbocycles. The summed E-state index contributed by atoms with van der Waals surface area (Å²) < 4.78 is 0. The molecular weight excluding hydrogens is 376 g/mol. The largest absolute Gasteiger partial charge is 0.480 e. The highest BCUT2D eigenvalue weighted by atomic mass is 16.4. The maximum Gasteiger partial charge on any atom is 0.320 e. The van der Waals surface area contributed by atoms with Crippen LogP contribution >= 0.6 is 0 Å². The fourth-order valence-electron chi connectivity index (χ4n) is 3.63. The number of carboxylic acids is 1. The van der Waals surface area contributed by atoms with Crippen LogP contribution in [-0.4, -0.2) is 48.6 Å². The third-order valence-corrected chi connectivity index (χ3v) is 5.56. The molecule has 0 heterocycles. The van der Waals surface area contributed by atoms with Crippen molar-refractivity contribution in [2.24, 2.45) is 0 Å². The molecular formula is C25H48N2O3. The molecule has 5 nitrogen and oxygen atoms in total. The van der Waals surface area contributed by atoms with E-state index < -0.39 is 12.0 Å². The number of allylic oxidation sites excluding steroid dienone is 2. The zero-order valence-electron chi connectivity index (χ0n) is 20.0. The van der Waals surface area contributed by atoms with Gasteiger partial charge in [0, 0.05) is 13.0 Å². The number of nitrogens with one attached hydrogen (secondary N) is 1. The summed E-state index contributed by atoms with van der Waals surface area (Å²) in [6.07, 6.45) is 22.6. The first-order valence-electron chi connectivity index (χ1n) is 12.3. The Hall–Kier alpha value is -1.36. The molecule has 0 unspecified atom stereocenters. The summed E-state index contributed by atoms with van der Waals surface area (Å²) in [5.74, 6) is -0.648. The van der Waals surface area contributed by atoms with Crippen LogP contribution in [-0.2, 0) is 9.59 Å². The Kier molecular flexibility index (Phi) is 19.9. The van der Waals surface area contributed by atoms with E-state index in [1.165, 1.54) is 57.8 Å². The molecule has 1 amide bonds. The van der Waals surface area contributed by atoms with E-state index in [2.05, 4.69) is 24.4 Å². The second-order valence-electron chi connectivity index (χ2n) is 8.62. The summed E-state index contributed by atoms with van der Waals surface area (Å²) in [6, 6.07) is -0.436. The Morgan fingerprint density at radius 2 is 1.40 bits per heavy atom. The number of amides is 1. The topological polar surface area (TPSA) is 69.6 Å². The molecule has 0 aliphatic rings. The van der Waals surface area contributed by atoms with E-state index in [4.69, 9.17) is 5.11 Å². The Bertz CT molecular complexity index is 450. The molecule has 1 atom stereocenters. The molecule has 0 aromatic rings. The van der Waals surface area contributed by atoms with E-state index in [0.717, 1.165) is 32.1 Å².